The third-order valence-corrected chi connectivity index (χ3v) is 4.85. The van der Waals surface area contributed by atoms with E-state index < -0.39 is 0 Å². The van der Waals surface area contributed by atoms with E-state index in [1.54, 1.807) is 19.5 Å². The molecule has 0 spiro atoms. The summed E-state index contributed by atoms with van der Waals surface area (Å²) in [6.45, 7) is 2.05. The van der Waals surface area contributed by atoms with Gasteiger partial charge in [0, 0.05) is 49.2 Å². The molecule has 2 heterocycles. The average Bonchev–Trinajstić information content (AvgIpc) is 3.30. The summed E-state index contributed by atoms with van der Waals surface area (Å²) in [4.78, 5) is 16.0. The first kappa shape index (κ1) is 17.6. The van der Waals surface area contributed by atoms with Gasteiger partial charge in [-0.15, -0.1) is 0 Å². The number of aromatic nitrogens is 1. The smallest absolute Gasteiger partial charge is 0.163 e. The molecule has 1 aliphatic rings. The number of Topliss-reactive ketones (excluding diaryl/α,β-unsaturated/α-hetero) is 1. The number of carbonyl (C=O) groups excluding carboxylic acids is 1. The fourth-order valence-electron chi connectivity index (χ4n) is 3.47. The van der Waals surface area contributed by atoms with Crippen LogP contribution in [0.4, 0.5) is 0 Å². The van der Waals surface area contributed by atoms with E-state index in [2.05, 4.69) is 22.4 Å². The Labute approximate surface area is 158 Å². The van der Waals surface area contributed by atoms with Crippen LogP contribution in [-0.4, -0.2) is 31.0 Å². The Morgan fingerprint density at radius 2 is 1.93 bits per heavy atom. The summed E-state index contributed by atoms with van der Waals surface area (Å²) in [5.74, 6) is 1.93. The Morgan fingerprint density at radius 1 is 1.07 bits per heavy atom. The zero-order valence-corrected chi connectivity index (χ0v) is 15.3. The van der Waals surface area contributed by atoms with E-state index in [9.17, 15) is 4.79 Å². The number of benzene rings is 1. The van der Waals surface area contributed by atoms with Gasteiger partial charge in [0.1, 0.15) is 11.5 Å². The van der Waals surface area contributed by atoms with Crippen molar-refractivity contribution < 1.29 is 13.9 Å². The van der Waals surface area contributed by atoms with Gasteiger partial charge >= 0.3 is 0 Å². The summed E-state index contributed by atoms with van der Waals surface area (Å²) in [6.07, 6.45) is 4.95. The van der Waals surface area contributed by atoms with Crippen molar-refractivity contribution in [2.24, 2.45) is 0 Å². The molecule has 0 saturated carbocycles. The molecule has 1 aromatic carbocycles. The lowest BCUT2D eigenvalue weighted by Crippen LogP contribution is -2.18. The first-order chi connectivity index (χ1) is 13.3. The number of nitrogens with one attached hydrogen (secondary N) is 1. The molecule has 0 amide bonds. The second kappa shape index (κ2) is 7.86. The summed E-state index contributed by atoms with van der Waals surface area (Å²) in [5.41, 5.74) is 5.07. The van der Waals surface area contributed by atoms with Gasteiger partial charge < -0.3 is 14.5 Å². The molecule has 5 nitrogen and oxygen atoms in total. The number of furan rings is 1. The predicted molar refractivity (Wildman–Crippen MR) is 104 cm³/mol. The molecule has 0 fully saturated rings. The van der Waals surface area contributed by atoms with E-state index in [1.807, 2.05) is 24.3 Å². The third-order valence-electron chi connectivity index (χ3n) is 4.85. The molecule has 1 N–H and O–H groups in total. The molecule has 5 heteroatoms. The fraction of sp³-hybridized carbons (Fsp3) is 0.273. The monoisotopic (exact) mass is 362 g/mol. The highest BCUT2D eigenvalue weighted by molar-refractivity contribution is 6.01. The number of aryl methyl sites for hydroxylation is 1. The Kier molecular flexibility index (Phi) is 5.14. The lowest BCUT2D eigenvalue weighted by Gasteiger charge is -2.05. The second-order valence-electron chi connectivity index (χ2n) is 6.66. The van der Waals surface area contributed by atoms with Crippen LogP contribution in [0.5, 0.6) is 0 Å². The van der Waals surface area contributed by atoms with Crippen LogP contribution in [0.1, 0.15) is 28.1 Å². The maximum absolute atomic E-state index is 11.9. The van der Waals surface area contributed by atoms with E-state index in [4.69, 9.17) is 9.15 Å². The van der Waals surface area contributed by atoms with Crippen LogP contribution < -0.4 is 5.32 Å². The van der Waals surface area contributed by atoms with Gasteiger partial charge in [-0.3, -0.25) is 9.78 Å². The van der Waals surface area contributed by atoms with Crippen LogP contribution >= 0.6 is 0 Å². The van der Waals surface area contributed by atoms with Crippen molar-refractivity contribution in [2.45, 2.75) is 19.4 Å². The molecular weight excluding hydrogens is 340 g/mol. The van der Waals surface area contributed by atoms with Crippen LogP contribution in [0.25, 0.3) is 22.5 Å². The van der Waals surface area contributed by atoms with Crippen LogP contribution in [0.2, 0.25) is 0 Å². The highest BCUT2D eigenvalue weighted by Crippen LogP contribution is 2.37. The largest absolute Gasteiger partial charge is 0.459 e. The Hall–Kier alpha value is -2.76. The van der Waals surface area contributed by atoms with E-state index in [0.29, 0.717) is 19.6 Å². The summed E-state index contributed by atoms with van der Waals surface area (Å²) < 4.78 is 11.2. The van der Waals surface area contributed by atoms with E-state index in [0.717, 1.165) is 52.3 Å². The number of fused-ring (bicyclic) bond motifs is 1. The molecule has 0 aliphatic heterocycles. The lowest BCUT2D eigenvalue weighted by molar-refractivity contribution is 0.0994. The molecule has 4 rings (SSSR count). The number of hydrogen-bond donors (Lipinski definition) is 1. The summed E-state index contributed by atoms with van der Waals surface area (Å²) in [7, 11) is 1.69. The molecule has 0 atom stereocenters. The summed E-state index contributed by atoms with van der Waals surface area (Å²) in [6, 6.07) is 12.0. The zero-order valence-electron chi connectivity index (χ0n) is 15.3. The van der Waals surface area contributed by atoms with Crippen molar-refractivity contribution in [3.8, 4) is 22.5 Å². The molecule has 138 valence electrons. The van der Waals surface area contributed by atoms with Crippen molar-refractivity contribution in [2.75, 3.05) is 20.3 Å². The number of pyridine rings is 1. The van der Waals surface area contributed by atoms with E-state index >= 15 is 0 Å². The SMILES string of the molecule is COCCNCc1cc(-c2ccc3c(c2)CCC3=O)c(-c2ccncc2)o1. The zero-order chi connectivity index (χ0) is 18.6. The molecule has 0 saturated heterocycles. The van der Waals surface area contributed by atoms with Crippen LogP contribution in [0, 0.1) is 0 Å². The van der Waals surface area contributed by atoms with Crippen LogP contribution in [-0.2, 0) is 17.7 Å². The Bertz CT molecular complexity index is 947. The molecule has 0 bridgehead atoms. The predicted octanol–water partition coefficient (Wildman–Crippen LogP) is 3.87. The van der Waals surface area contributed by atoms with Gasteiger partial charge in [-0.05, 0) is 35.7 Å². The first-order valence-corrected chi connectivity index (χ1v) is 9.15. The molecule has 27 heavy (non-hydrogen) atoms. The van der Waals surface area contributed by atoms with Gasteiger partial charge in [-0.25, -0.2) is 0 Å². The number of nitrogens with zero attached hydrogens (tertiary/aromatic N) is 1. The minimum atomic E-state index is 0.237. The Morgan fingerprint density at radius 3 is 2.74 bits per heavy atom. The lowest BCUT2D eigenvalue weighted by atomic mass is 9.98. The molecule has 3 aromatic rings. The first-order valence-electron chi connectivity index (χ1n) is 9.15. The third kappa shape index (κ3) is 3.70. The number of rotatable bonds is 7. The van der Waals surface area contributed by atoms with Gasteiger partial charge in [0.15, 0.2) is 5.78 Å². The maximum Gasteiger partial charge on any atom is 0.163 e. The van der Waals surface area contributed by atoms with Gasteiger partial charge in [0.2, 0.25) is 0 Å². The minimum absolute atomic E-state index is 0.237. The maximum atomic E-state index is 11.9. The minimum Gasteiger partial charge on any atom is -0.459 e. The van der Waals surface area contributed by atoms with Crippen molar-refractivity contribution in [3.63, 3.8) is 0 Å². The fourth-order valence-corrected chi connectivity index (χ4v) is 3.47. The normalized spacial score (nSPS) is 13.1. The van der Waals surface area contributed by atoms with Gasteiger partial charge in [-0.1, -0.05) is 18.2 Å². The van der Waals surface area contributed by atoms with Gasteiger partial charge in [0.25, 0.3) is 0 Å². The van der Waals surface area contributed by atoms with Gasteiger partial charge in [0.05, 0.1) is 13.2 Å². The van der Waals surface area contributed by atoms with Crippen molar-refractivity contribution in [3.05, 3.63) is 65.7 Å². The second-order valence-corrected chi connectivity index (χ2v) is 6.66. The molecule has 0 radical (unpaired) electrons. The van der Waals surface area contributed by atoms with Crippen LogP contribution in [0.3, 0.4) is 0 Å². The topological polar surface area (TPSA) is 64.4 Å². The average molecular weight is 362 g/mol. The molecule has 1 aliphatic carbocycles. The standard InChI is InChI=1S/C22H22N2O3/c1-26-11-10-24-14-18-13-20(22(27-18)15-6-8-23-9-7-15)17-2-4-19-16(12-17)3-5-21(19)25/h2,4,6-9,12-13,24H,3,5,10-11,14H2,1H3. The highest BCUT2D eigenvalue weighted by Gasteiger charge is 2.21. The van der Waals surface area contributed by atoms with Crippen molar-refractivity contribution >= 4 is 5.78 Å². The quantitative estimate of drug-likeness (QED) is 0.646. The number of hydrogen-bond acceptors (Lipinski definition) is 5. The van der Waals surface area contributed by atoms with Gasteiger partial charge in [-0.2, -0.15) is 0 Å². The number of methoxy groups -OCH3 is 1. The van der Waals surface area contributed by atoms with Crippen LogP contribution in [0.15, 0.2) is 53.2 Å². The summed E-state index contributed by atoms with van der Waals surface area (Å²) in [5, 5.41) is 3.32. The molecule has 0 unspecified atom stereocenters. The van der Waals surface area contributed by atoms with Crippen molar-refractivity contribution in [1.82, 2.24) is 10.3 Å². The molecular formula is C22H22N2O3. The number of ketones is 1. The number of carbonyl (C=O) groups is 1. The summed E-state index contributed by atoms with van der Waals surface area (Å²) >= 11 is 0. The van der Waals surface area contributed by atoms with Crippen molar-refractivity contribution in [1.29, 1.82) is 0 Å². The Balaban J connectivity index is 1.70. The number of ether oxygens (including phenoxy) is 1. The highest BCUT2D eigenvalue weighted by atomic mass is 16.5. The van der Waals surface area contributed by atoms with E-state index in [1.165, 1.54) is 0 Å². The molecule has 2 aromatic heterocycles. The van der Waals surface area contributed by atoms with E-state index in [-0.39, 0.29) is 5.78 Å².